The van der Waals surface area contributed by atoms with Gasteiger partial charge in [0.05, 0.1) is 23.2 Å². The third-order valence-corrected chi connectivity index (χ3v) is 11.2. The first-order valence-electron chi connectivity index (χ1n) is 14.7. The van der Waals surface area contributed by atoms with Crippen LogP contribution in [0.3, 0.4) is 0 Å². The molecule has 7 nitrogen and oxygen atoms in total. The molecule has 3 fully saturated rings. The van der Waals surface area contributed by atoms with Crippen LogP contribution in [0.15, 0.2) is 73.8 Å². The lowest BCUT2D eigenvalue weighted by Gasteiger charge is -2.38. The summed E-state index contributed by atoms with van der Waals surface area (Å²) in [7, 11) is 0. The van der Waals surface area contributed by atoms with Crippen molar-refractivity contribution in [2.24, 2.45) is 11.8 Å². The second kappa shape index (κ2) is 11.7. The fourth-order valence-electron chi connectivity index (χ4n) is 7.41. The first-order valence-corrected chi connectivity index (χ1v) is 15.5. The highest BCUT2D eigenvalue weighted by Gasteiger charge is 2.77. The predicted molar refractivity (Wildman–Crippen MR) is 168 cm³/mol. The van der Waals surface area contributed by atoms with Crippen LogP contribution in [0.4, 0.5) is 5.69 Å². The third-order valence-electron chi connectivity index (χ3n) is 9.23. The van der Waals surface area contributed by atoms with Gasteiger partial charge in [0.2, 0.25) is 11.8 Å². The first kappa shape index (κ1) is 30.1. The van der Waals surface area contributed by atoms with E-state index in [2.05, 4.69) is 20.1 Å². The molecule has 2 unspecified atom stereocenters. The van der Waals surface area contributed by atoms with Gasteiger partial charge in [0.15, 0.2) is 0 Å². The van der Waals surface area contributed by atoms with E-state index >= 15 is 0 Å². The molecule has 0 radical (unpaired) electrons. The second-order valence-corrected chi connectivity index (χ2v) is 13.9. The van der Waals surface area contributed by atoms with E-state index < -0.39 is 27.4 Å². The Kier molecular flexibility index (Phi) is 8.41. The average Bonchev–Trinajstić information content (AvgIpc) is 3.54. The predicted octanol–water partition coefficient (Wildman–Crippen LogP) is 4.51. The van der Waals surface area contributed by atoms with Crippen molar-refractivity contribution < 1.29 is 19.5 Å². The average molecular weight is 588 g/mol. The quantitative estimate of drug-likeness (QED) is 0.392. The third kappa shape index (κ3) is 4.88. The van der Waals surface area contributed by atoms with Gasteiger partial charge in [-0.05, 0) is 56.4 Å². The lowest BCUT2D eigenvalue weighted by Crippen LogP contribution is -2.55. The standard InChI is InChI=1S/C34H41N3O4S/c1-6-17-35(22-25-11-9-8-10-12-25)30(39)27-28-31(40)37(19-20-38)29(34(28)16-15-33(27,5)42-34)32(41)36(18-7-2)26-21-23(3)13-14-24(26)4/h6-14,21,27-29,38H,1-2,15-20,22H2,3-5H3/t27-,28-,29?,33+,34?/m0/s1. The van der Waals surface area contributed by atoms with Gasteiger partial charge >= 0.3 is 0 Å². The summed E-state index contributed by atoms with van der Waals surface area (Å²) in [5.41, 5.74) is 3.77. The topological polar surface area (TPSA) is 81.2 Å². The molecule has 0 aliphatic carbocycles. The Morgan fingerprint density at radius 1 is 1.07 bits per heavy atom. The number of hydrogen-bond donors (Lipinski definition) is 1. The number of anilines is 1. The van der Waals surface area contributed by atoms with Gasteiger partial charge in [0, 0.05) is 36.6 Å². The van der Waals surface area contributed by atoms with Crippen molar-refractivity contribution in [2.75, 3.05) is 31.1 Å². The molecule has 3 aliphatic rings. The molecule has 0 saturated carbocycles. The van der Waals surface area contributed by atoms with E-state index in [1.54, 1.807) is 38.6 Å². The van der Waals surface area contributed by atoms with Gasteiger partial charge in [-0.25, -0.2) is 0 Å². The van der Waals surface area contributed by atoms with E-state index in [-0.39, 0.29) is 37.4 Å². The first-order chi connectivity index (χ1) is 20.1. The monoisotopic (exact) mass is 587 g/mol. The minimum atomic E-state index is -0.798. The summed E-state index contributed by atoms with van der Waals surface area (Å²) >= 11 is 1.65. The minimum absolute atomic E-state index is 0.0425. The number of thioether (sulfide) groups is 1. The number of benzene rings is 2. The molecular formula is C34H41N3O4S. The molecule has 8 heteroatoms. The number of β-amino-alcohol motifs (C(OH)–C–C–N with tert-alkyl or cyclic N) is 1. The lowest BCUT2D eigenvalue weighted by atomic mass is 9.66. The largest absolute Gasteiger partial charge is 0.395 e. The van der Waals surface area contributed by atoms with Crippen LogP contribution in [0.2, 0.25) is 0 Å². The van der Waals surface area contributed by atoms with Crippen molar-refractivity contribution in [1.29, 1.82) is 0 Å². The van der Waals surface area contributed by atoms with Crippen LogP contribution >= 0.6 is 11.8 Å². The summed E-state index contributed by atoms with van der Waals surface area (Å²) in [6.45, 7) is 14.7. The summed E-state index contributed by atoms with van der Waals surface area (Å²) in [5, 5.41) is 10.0. The Labute approximate surface area is 253 Å². The molecule has 222 valence electrons. The lowest BCUT2D eigenvalue weighted by molar-refractivity contribution is -0.145. The van der Waals surface area contributed by atoms with Crippen molar-refractivity contribution in [2.45, 2.75) is 55.7 Å². The number of rotatable bonds is 11. The molecule has 1 N–H and O–H groups in total. The molecule has 2 aromatic rings. The van der Waals surface area contributed by atoms with Gasteiger partial charge in [-0.15, -0.1) is 24.9 Å². The molecule has 0 aromatic heterocycles. The number of aliphatic hydroxyl groups is 1. The summed E-state index contributed by atoms with van der Waals surface area (Å²) < 4.78 is -1.25. The zero-order chi connectivity index (χ0) is 30.2. The van der Waals surface area contributed by atoms with Crippen LogP contribution in [0.5, 0.6) is 0 Å². The zero-order valence-corrected chi connectivity index (χ0v) is 25.6. The molecule has 3 aliphatic heterocycles. The zero-order valence-electron chi connectivity index (χ0n) is 24.8. The van der Waals surface area contributed by atoms with Crippen molar-refractivity contribution in [3.05, 3.63) is 90.5 Å². The van der Waals surface area contributed by atoms with Crippen LogP contribution in [-0.2, 0) is 20.9 Å². The van der Waals surface area contributed by atoms with Crippen molar-refractivity contribution in [1.82, 2.24) is 9.80 Å². The molecule has 5 atom stereocenters. The van der Waals surface area contributed by atoms with Crippen LogP contribution < -0.4 is 4.90 Å². The number of aryl methyl sites for hydroxylation is 2. The SMILES string of the molecule is C=CCN(Cc1ccccc1)C(=O)[C@@H]1[C@H]2C(=O)N(CCO)C(C(=O)N(CC=C)c3cc(C)ccc3C)C23CC[C@@]1(C)S3. The molecule has 5 rings (SSSR count). The highest BCUT2D eigenvalue weighted by Crippen LogP contribution is 2.71. The Bertz CT molecular complexity index is 1400. The maximum absolute atomic E-state index is 14.7. The van der Waals surface area contributed by atoms with Crippen LogP contribution in [0.25, 0.3) is 0 Å². The summed E-state index contributed by atoms with van der Waals surface area (Å²) in [6.07, 6.45) is 4.80. The summed E-state index contributed by atoms with van der Waals surface area (Å²) in [4.78, 5) is 48.5. The molecule has 3 heterocycles. The molecule has 2 bridgehead atoms. The number of carbonyl (C=O) groups is 3. The Balaban J connectivity index is 1.56. The Hall–Kier alpha value is -3.36. The van der Waals surface area contributed by atoms with Crippen molar-refractivity contribution in [3.63, 3.8) is 0 Å². The maximum Gasteiger partial charge on any atom is 0.251 e. The van der Waals surface area contributed by atoms with Crippen LogP contribution in [-0.4, -0.2) is 74.4 Å². The highest BCUT2D eigenvalue weighted by atomic mass is 32.2. The molecule has 2 aromatic carbocycles. The number of carbonyl (C=O) groups excluding carboxylic acids is 3. The van der Waals surface area contributed by atoms with Gasteiger partial charge in [0.25, 0.3) is 5.91 Å². The molecule has 1 spiro atoms. The van der Waals surface area contributed by atoms with Crippen LogP contribution in [0, 0.1) is 25.7 Å². The van der Waals surface area contributed by atoms with Crippen molar-refractivity contribution >= 4 is 35.2 Å². The molecule has 3 saturated heterocycles. The van der Waals surface area contributed by atoms with E-state index in [0.717, 1.165) is 28.8 Å². The normalized spacial score (nSPS) is 27.6. The van der Waals surface area contributed by atoms with Gasteiger partial charge in [-0.2, -0.15) is 0 Å². The Morgan fingerprint density at radius 2 is 1.79 bits per heavy atom. The van der Waals surface area contributed by atoms with Crippen LogP contribution in [0.1, 0.15) is 36.5 Å². The number of fused-ring (bicyclic) bond motifs is 1. The molecule has 3 amide bonds. The van der Waals surface area contributed by atoms with Gasteiger partial charge in [-0.3, -0.25) is 14.4 Å². The minimum Gasteiger partial charge on any atom is -0.395 e. The fourth-order valence-corrected chi connectivity index (χ4v) is 9.76. The number of amides is 3. The number of likely N-dealkylation sites (tertiary alicyclic amines) is 1. The van der Waals surface area contributed by atoms with E-state index in [4.69, 9.17) is 0 Å². The maximum atomic E-state index is 14.7. The second-order valence-electron chi connectivity index (χ2n) is 12.0. The van der Waals surface area contributed by atoms with E-state index in [0.29, 0.717) is 19.5 Å². The van der Waals surface area contributed by atoms with Crippen molar-refractivity contribution in [3.8, 4) is 0 Å². The number of aliphatic hydroxyl groups excluding tert-OH is 1. The van der Waals surface area contributed by atoms with E-state index in [9.17, 15) is 19.5 Å². The summed E-state index contributed by atoms with van der Waals surface area (Å²) in [5.74, 6) is -1.72. The summed E-state index contributed by atoms with van der Waals surface area (Å²) in [6, 6.07) is 15.0. The van der Waals surface area contributed by atoms with E-state index in [1.165, 1.54) is 0 Å². The van der Waals surface area contributed by atoms with Gasteiger partial charge < -0.3 is 19.8 Å². The Morgan fingerprint density at radius 3 is 2.45 bits per heavy atom. The van der Waals surface area contributed by atoms with Gasteiger partial charge in [0.1, 0.15) is 6.04 Å². The van der Waals surface area contributed by atoms with Gasteiger partial charge in [-0.1, -0.05) is 54.6 Å². The number of hydrogen-bond acceptors (Lipinski definition) is 5. The highest BCUT2D eigenvalue weighted by molar-refractivity contribution is 8.02. The molecule has 42 heavy (non-hydrogen) atoms. The number of nitrogens with zero attached hydrogens (tertiary/aromatic N) is 3. The van der Waals surface area contributed by atoms with E-state index in [1.807, 2.05) is 62.4 Å². The smallest absolute Gasteiger partial charge is 0.251 e. The fraction of sp³-hybridized carbons (Fsp3) is 0.441. The molecular weight excluding hydrogens is 546 g/mol.